The number of likely N-dealkylation sites (N-methyl/N-ethyl adjacent to an activating group) is 1. The second-order valence-corrected chi connectivity index (χ2v) is 6.34. The fourth-order valence-corrected chi connectivity index (χ4v) is 3.43. The van der Waals surface area contributed by atoms with E-state index >= 15 is 0 Å². The smallest absolute Gasteiger partial charge is 0.223 e. The van der Waals surface area contributed by atoms with E-state index in [9.17, 15) is 4.79 Å². The lowest BCUT2D eigenvalue weighted by Crippen LogP contribution is -2.48. The van der Waals surface area contributed by atoms with Gasteiger partial charge < -0.3 is 9.80 Å². The van der Waals surface area contributed by atoms with Gasteiger partial charge in [-0.15, -0.1) is 11.3 Å². The molecule has 1 amide bonds. The van der Waals surface area contributed by atoms with Crippen LogP contribution in [0.1, 0.15) is 28.9 Å². The third-order valence-corrected chi connectivity index (χ3v) is 4.87. The summed E-state index contributed by atoms with van der Waals surface area (Å²) in [6.07, 6.45) is 1.46. The molecule has 19 heavy (non-hydrogen) atoms. The molecule has 1 aromatic rings. The predicted molar refractivity (Wildman–Crippen MR) is 78.6 cm³/mol. The second-order valence-electron chi connectivity index (χ2n) is 5.06. The summed E-state index contributed by atoms with van der Waals surface area (Å²) in [5.74, 6) is 0.293. The quantitative estimate of drug-likeness (QED) is 0.845. The Balaban J connectivity index is 1.80. The highest BCUT2D eigenvalue weighted by molar-refractivity contribution is 7.11. The van der Waals surface area contributed by atoms with Crippen molar-refractivity contribution in [1.29, 1.82) is 0 Å². The lowest BCUT2D eigenvalue weighted by atomic mass is 10.2. The molecule has 2 heterocycles. The summed E-state index contributed by atoms with van der Waals surface area (Å²) in [4.78, 5) is 22.2. The average Bonchev–Trinajstić information content (AvgIpc) is 2.74. The molecule has 1 aliphatic heterocycles. The Morgan fingerprint density at radius 2 is 1.95 bits per heavy atom. The minimum Gasteiger partial charge on any atom is -0.340 e. The number of rotatable bonds is 4. The van der Waals surface area contributed by atoms with Gasteiger partial charge in [-0.1, -0.05) is 6.92 Å². The van der Waals surface area contributed by atoms with Crippen molar-refractivity contribution in [3.05, 3.63) is 15.6 Å². The molecular formula is C14H23N3OS. The fraction of sp³-hybridized carbons (Fsp3) is 0.714. The van der Waals surface area contributed by atoms with Crippen LogP contribution in [0.25, 0.3) is 0 Å². The first-order chi connectivity index (χ1) is 9.10. The zero-order valence-electron chi connectivity index (χ0n) is 12.1. The number of thiazole rings is 1. The number of amides is 1. The Morgan fingerprint density at radius 3 is 2.47 bits per heavy atom. The number of piperazine rings is 1. The summed E-state index contributed by atoms with van der Waals surface area (Å²) in [5.41, 5.74) is 1.09. The predicted octanol–water partition coefficient (Wildman–Crippen LogP) is 1.86. The molecule has 0 bridgehead atoms. The first-order valence-electron chi connectivity index (χ1n) is 7.03. The van der Waals surface area contributed by atoms with Gasteiger partial charge in [0, 0.05) is 37.5 Å². The molecule has 0 unspecified atom stereocenters. The van der Waals surface area contributed by atoms with Gasteiger partial charge >= 0.3 is 0 Å². The molecule has 1 saturated heterocycles. The molecule has 2 rings (SSSR count). The minimum atomic E-state index is 0.293. The Bertz CT molecular complexity index is 436. The van der Waals surface area contributed by atoms with Crippen LogP contribution in [0.5, 0.6) is 0 Å². The molecule has 1 fully saturated rings. The van der Waals surface area contributed by atoms with Crippen LogP contribution >= 0.6 is 11.3 Å². The van der Waals surface area contributed by atoms with E-state index in [4.69, 9.17) is 0 Å². The Labute approximate surface area is 119 Å². The summed E-state index contributed by atoms with van der Waals surface area (Å²) >= 11 is 1.72. The van der Waals surface area contributed by atoms with E-state index in [1.165, 1.54) is 4.88 Å². The van der Waals surface area contributed by atoms with Crippen molar-refractivity contribution in [2.45, 2.75) is 33.6 Å². The van der Waals surface area contributed by atoms with Crippen LogP contribution in [-0.4, -0.2) is 53.4 Å². The monoisotopic (exact) mass is 281 g/mol. The van der Waals surface area contributed by atoms with E-state index in [0.29, 0.717) is 12.3 Å². The van der Waals surface area contributed by atoms with Crippen LogP contribution in [0.4, 0.5) is 0 Å². The van der Waals surface area contributed by atoms with Crippen LogP contribution in [0, 0.1) is 13.8 Å². The van der Waals surface area contributed by atoms with Gasteiger partial charge in [-0.2, -0.15) is 0 Å². The standard InChI is InChI=1S/C14H23N3OS/c1-4-16-7-9-17(10-8-16)14(18)6-5-13-11(2)15-12(3)19-13/h4-10H2,1-3H3. The summed E-state index contributed by atoms with van der Waals surface area (Å²) in [6, 6.07) is 0. The van der Waals surface area contributed by atoms with Crippen molar-refractivity contribution in [3.63, 3.8) is 0 Å². The molecule has 5 heteroatoms. The average molecular weight is 281 g/mol. The van der Waals surface area contributed by atoms with Crippen LogP contribution < -0.4 is 0 Å². The normalized spacial score (nSPS) is 16.9. The highest BCUT2D eigenvalue weighted by Gasteiger charge is 2.20. The van der Waals surface area contributed by atoms with Crippen molar-refractivity contribution in [2.24, 2.45) is 0 Å². The van der Waals surface area contributed by atoms with Gasteiger partial charge in [0.25, 0.3) is 0 Å². The summed E-state index contributed by atoms with van der Waals surface area (Å²) < 4.78 is 0. The number of aryl methyl sites for hydroxylation is 3. The van der Waals surface area contributed by atoms with Crippen molar-refractivity contribution in [2.75, 3.05) is 32.7 Å². The number of hydrogen-bond acceptors (Lipinski definition) is 4. The molecule has 0 aromatic carbocycles. The minimum absolute atomic E-state index is 0.293. The van der Waals surface area contributed by atoms with E-state index in [1.807, 2.05) is 18.7 Å². The van der Waals surface area contributed by atoms with Crippen molar-refractivity contribution in [1.82, 2.24) is 14.8 Å². The van der Waals surface area contributed by atoms with Gasteiger partial charge in [0.1, 0.15) is 0 Å². The first-order valence-corrected chi connectivity index (χ1v) is 7.85. The molecule has 0 radical (unpaired) electrons. The maximum Gasteiger partial charge on any atom is 0.223 e. The van der Waals surface area contributed by atoms with Crippen molar-refractivity contribution >= 4 is 17.2 Å². The molecule has 0 saturated carbocycles. The summed E-state index contributed by atoms with van der Waals surface area (Å²) in [5, 5.41) is 1.09. The fourth-order valence-electron chi connectivity index (χ4n) is 2.50. The molecule has 1 aromatic heterocycles. The largest absolute Gasteiger partial charge is 0.340 e. The van der Waals surface area contributed by atoms with Crippen LogP contribution in [0.2, 0.25) is 0 Å². The SMILES string of the molecule is CCN1CCN(C(=O)CCc2sc(C)nc2C)CC1. The van der Waals surface area contributed by atoms with E-state index in [0.717, 1.165) is 49.8 Å². The Kier molecular flexibility index (Phi) is 4.93. The zero-order chi connectivity index (χ0) is 13.8. The van der Waals surface area contributed by atoms with Crippen molar-refractivity contribution in [3.8, 4) is 0 Å². The maximum atomic E-state index is 12.2. The van der Waals surface area contributed by atoms with Crippen molar-refractivity contribution < 1.29 is 4.79 Å². The van der Waals surface area contributed by atoms with E-state index in [2.05, 4.69) is 16.8 Å². The number of hydrogen-bond donors (Lipinski definition) is 0. The third kappa shape index (κ3) is 3.76. The van der Waals surface area contributed by atoms with Gasteiger partial charge in [0.05, 0.1) is 10.7 Å². The maximum absolute atomic E-state index is 12.2. The molecule has 0 N–H and O–H groups in total. The summed E-state index contributed by atoms with van der Waals surface area (Å²) in [7, 11) is 0. The molecule has 4 nitrogen and oxygen atoms in total. The Hall–Kier alpha value is -0.940. The molecular weight excluding hydrogens is 258 g/mol. The third-order valence-electron chi connectivity index (χ3n) is 3.74. The molecule has 0 spiro atoms. The number of nitrogens with zero attached hydrogens (tertiary/aromatic N) is 3. The van der Waals surface area contributed by atoms with E-state index < -0.39 is 0 Å². The van der Waals surface area contributed by atoms with Gasteiger partial charge in [-0.25, -0.2) is 4.98 Å². The van der Waals surface area contributed by atoms with Crippen LogP contribution in [-0.2, 0) is 11.2 Å². The zero-order valence-corrected chi connectivity index (χ0v) is 12.9. The van der Waals surface area contributed by atoms with Gasteiger partial charge in [-0.05, 0) is 26.8 Å². The number of carbonyl (C=O) groups is 1. The van der Waals surface area contributed by atoms with Crippen LogP contribution in [0.3, 0.4) is 0 Å². The first kappa shape index (κ1) is 14.5. The molecule has 0 aliphatic carbocycles. The lowest BCUT2D eigenvalue weighted by Gasteiger charge is -2.34. The highest BCUT2D eigenvalue weighted by atomic mass is 32.1. The topological polar surface area (TPSA) is 36.4 Å². The second kappa shape index (κ2) is 6.48. The van der Waals surface area contributed by atoms with Gasteiger partial charge in [0.2, 0.25) is 5.91 Å². The molecule has 1 aliphatic rings. The summed E-state index contributed by atoms with van der Waals surface area (Å²) in [6.45, 7) is 11.1. The number of aromatic nitrogens is 1. The van der Waals surface area contributed by atoms with E-state index in [1.54, 1.807) is 11.3 Å². The van der Waals surface area contributed by atoms with Crippen LogP contribution in [0.15, 0.2) is 0 Å². The highest BCUT2D eigenvalue weighted by Crippen LogP contribution is 2.19. The van der Waals surface area contributed by atoms with E-state index in [-0.39, 0.29) is 0 Å². The van der Waals surface area contributed by atoms with Gasteiger partial charge in [0.15, 0.2) is 0 Å². The molecule has 106 valence electrons. The number of carbonyl (C=O) groups excluding carboxylic acids is 1. The lowest BCUT2D eigenvalue weighted by molar-refractivity contribution is -0.132. The molecule has 0 atom stereocenters. The Morgan fingerprint density at radius 1 is 1.26 bits per heavy atom. The van der Waals surface area contributed by atoms with Gasteiger partial charge in [-0.3, -0.25) is 4.79 Å².